The van der Waals surface area contributed by atoms with Crippen LogP contribution < -0.4 is 5.32 Å². The largest absolute Gasteiger partial charge is 0.478 e. The van der Waals surface area contributed by atoms with Crippen LogP contribution in [-0.2, 0) is 0 Å². The van der Waals surface area contributed by atoms with E-state index >= 15 is 0 Å². The number of carboxylic acid groups (broad SMARTS) is 1. The average Bonchev–Trinajstić information content (AvgIpc) is 2.62. The van der Waals surface area contributed by atoms with E-state index in [1.807, 2.05) is 38.1 Å². The quantitative estimate of drug-likeness (QED) is 0.730. The topological polar surface area (TPSA) is 88.0 Å². The number of benzene rings is 1. The molecule has 0 amide bonds. The van der Waals surface area contributed by atoms with E-state index in [9.17, 15) is 4.79 Å². The molecule has 0 atom stereocenters. The van der Waals surface area contributed by atoms with Gasteiger partial charge in [-0.3, -0.25) is 4.98 Å². The van der Waals surface area contributed by atoms with Crippen LogP contribution >= 0.6 is 0 Å². The van der Waals surface area contributed by atoms with Gasteiger partial charge in [-0.15, -0.1) is 0 Å². The number of rotatable bonds is 5. The fourth-order valence-electron chi connectivity index (χ4n) is 2.31. The van der Waals surface area contributed by atoms with Crippen LogP contribution in [0.3, 0.4) is 0 Å². The Labute approximate surface area is 145 Å². The van der Waals surface area contributed by atoms with Crippen molar-refractivity contribution in [1.29, 1.82) is 0 Å². The van der Waals surface area contributed by atoms with E-state index in [-0.39, 0.29) is 11.5 Å². The first-order chi connectivity index (χ1) is 12.0. The molecule has 0 spiro atoms. The minimum atomic E-state index is -0.969. The number of nitrogens with one attached hydrogen (secondary N) is 1. The molecule has 2 N–H and O–H groups in total. The van der Waals surface area contributed by atoms with Crippen molar-refractivity contribution in [3.63, 3.8) is 0 Å². The highest BCUT2D eigenvalue weighted by molar-refractivity contribution is 5.89. The van der Waals surface area contributed by atoms with E-state index in [4.69, 9.17) is 5.11 Å². The Balaban J connectivity index is 1.99. The number of carboxylic acids is 1. The number of aromatic carboxylic acids is 1. The zero-order valence-corrected chi connectivity index (χ0v) is 14.0. The molecule has 0 aliphatic carbocycles. The van der Waals surface area contributed by atoms with E-state index < -0.39 is 5.97 Å². The molecule has 126 valence electrons. The fourth-order valence-corrected chi connectivity index (χ4v) is 2.31. The van der Waals surface area contributed by atoms with Crippen molar-refractivity contribution >= 4 is 17.5 Å². The zero-order chi connectivity index (χ0) is 17.8. The van der Waals surface area contributed by atoms with Crippen LogP contribution in [0.2, 0.25) is 0 Å². The lowest BCUT2D eigenvalue weighted by atomic mass is 10.2. The molecule has 0 aliphatic heterocycles. The molecule has 0 radical (unpaired) electrons. The highest BCUT2D eigenvalue weighted by Crippen LogP contribution is 2.23. The molecule has 3 rings (SSSR count). The highest BCUT2D eigenvalue weighted by Gasteiger charge is 2.11. The molecular weight excluding hydrogens is 316 g/mol. The van der Waals surface area contributed by atoms with Gasteiger partial charge in [0.05, 0.1) is 17.0 Å². The molecule has 2 heterocycles. The van der Waals surface area contributed by atoms with E-state index in [0.29, 0.717) is 17.3 Å². The van der Waals surface area contributed by atoms with Gasteiger partial charge in [-0.1, -0.05) is 26.0 Å². The number of hydrogen-bond acceptors (Lipinski definition) is 5. The summed E-state index contributed by atoms with van der Waals surface area (Å²) in [6.07, 6.45) is 1.72. The van der Waals surface area contributed by atoms with Crippen molar-refractivity contribution in [2.75, 3.05) is 5.32 Å². The first-order valence-electron chi connectivity index (χ1n) is 7.93. The Kier molecular flexibility index (Phi) is 4.70. The van der Waals surface area contributed by atoms with Gasteiger partial charge in [0.1, 0.15) is 11.6 Å². The zero-order valence-electron chi connectivity index (χ0n) is 14.0. The summed E-state index contributed by atoms with van der Waals surface area (Å²) in [5, 5.41) is 12.3. The summed E-state index contributed by atoms with van der Waals surface area (Å²) < 4.78 is 0. The summed E-state index contributed by atoms with van der Waals surface area (Å²) in [5.41, 5.74) is 2.35. The van der Waals surface area contributed by atoms with Gasteiger partial charge >= 0.3 is 5.97 Å². The molecule has 0 fully saturated rings. The van der Waals surface area contributed by atoms with Crippen LogP contribution in [0.1, 0.15) is 35.9 Å². The normalized spacial score (nSPS) is 10.7. The van der Waals surface area contributed by atoms with Crippen molar-refractivity contribution < 1.29 is 9.90 Å². The monoisotopic (exact) mass is 334 g/mol. The number of carbonyl (C=O) groups is 1. The lowest BCUT2D eigenvalue weighted by Crippen LogP contribution is -2.04. The predicted octanol–water partition coefficient (Wildman–Crippen LogP) is 4.10. The third kappa shape index (κ3) is 3.98. The smallest absolute Gasteiger partial charge is 0.335 e. The summed E-state index contributed by atoms with van der Waals surface area (Å²) in [7, 11) is 0. The standard InChI is InChI=1S/C19H18N4O2/c1-12(2)18-22-16(15-8-3-4-9-20-15)11-17(23-18)21-14-7-5-6-13(10-14)19(24)25/h3-12H,1-2H3,(H,24,25)(H,21,22,23). The maximum Gasteiger partial charge on any atom is 0.335 e. The first kappa shape index (κ1) is 16.6. The average molecular weight is 334 g/mol. The minimum absolute atomic E-state index is 0.148. The van der Waals surface area contributed by atoms with Gasteiger partial charge in [-0.25, -0.2) is 14.8 Å². The van der Waals surface area contributed by atoms with Crippen molar-refractivity contribution in [1.82, 2.24) is 15.0 Å². The molecule has 0 bridgehead atoms. The minimum Gasteiger partial charge on any atom is -0.478 e. The molecule has 0 aliphatic rings. The van der Waals surface area contributed by atoms with Crippen LogP contribution in [0.5, 0.6) is 0 Å². The maximum atomic E-state index is 11.1. The van der Waals surface area contributed by atoms with Gasteiger partial charge in [-0.05, 0) is 30.3 Å². The van der Waals surface area contributed by atoms with Crippen molar-refractivity contribution in [3.05, 3.63) is 66.1 Å². The van der Waals surface area contributed by atoms with Gasteiger partial charge in [-0.2, -0.15) is 0 Å². The summed E-state index contributed by atoms with van der Waals surface area (Å²) >= 11 is 0. The second-order valence-corrected chi connectivity index (χ2v) is 5.88. The molecule has 0 saturated carbocycles. The summed E-state index contributed by atoms with van der Waals surface area (Å²) in [4.78, 5) is 24.6. The van der Waals surface area contributed by atoms with Crippen molar-refractivity contribution in [2.45, 2.75) is 19.8 Å². The Hall–Kier alpha value is -3.28. The van der Waals surface area contributed by atoms with Crippen LogP contribution in [0, 0.1) is 0 Å². The summed E-state index contributed by atoms with van der Waals surface area (Å²) in [6.45, 7) is 4.04. The van der Waals surface area contributed by atoms with Crippen LogP contribution in [0.25, 0.3) is 11.4 Å². The number of aromatic nitrogens is 3. The Morgan fingerprint density at radius 3 is 2.56 bits per heavy atom. The summed E-state index contributed by atoms with van der Waals surface area (Å²) in [6, 6.07) is 14.1. The predicted molar refractivity (Wildman–Crippen MR) is 96.0 cm³/mol. The second kappa shape index (κ2) is 7.09. The number of anilines is 2. The third-order valence-electron chi connectivity index (χ3n) is 3.57. The Morgan fingerprint density at radius 1 is 1.04 bits per heavy atom. The second-order valence-electron chi connectivity index (χ2n) is 5.88. The molecule has 0 unspecified atom stereocenters. The lowest BCUT2D eigenvalue weighted by molar-refractivity contribution is 0.0697. The first-order valence-corrected chi connectivity index (χ1v) is 7.93. The van der Waals surface area contributed by atoms with Crippen LogP contribution in [0.4, 0.5) is 11.5 Å². The van der Waals surface area contributed by atoms with Gasteiger partial charge < -0.3 is 10.4 Å². The molecule has 2 aromatic heterocycles. The van der Waals surface area contributed by atoms with Gasteiger partial charge in [0.2, 0.25) is 0 Å². The molecule has 6 heteroatoms. The third-order valence-corrected chi connectivity index (χ3v) is 3.57. The SMILES string of the molecule is CC(C)c1nc(Nc2cccc(C(=O)O)c2)cc(-c2ccccn2)n1. The van der Waals surface area contributed by atoms with Gasteiger partial charge in [0, 0.05) is 23.9 Å². The number of nitrogens with zero attached hydrogens (tertiary/aromatic N) is 3. The Bertz CT molecular complexity index is 895. The van der Waals surface area contributed by atoms with Crippen molar-refractivity contribution in [3.8, 4) is 11.4 Å². The number of hydrogen-bond donors (Lipinski definition) is 2. The lowest BCUT2D eigenvalue weighted by Gasteiger charge is -2.12. The molecule has 1 aromatic carbocycles. The number of pyridine rings is 1. The van der Waals surface area contributed by atoms with Gasteiger partial charge in [0.25, 0.3) is 0 Å². The molecule has 6 nitrogen and oxygen atoms in total. The molecular formula is C19H18N4O2. The summed E-state index contributed by atoms with van der Waals surface area (Å²) in [5.74, 6) is 0.472. The Morgan fingerprint density at radius 2 is 1.88 bits per heavy atom. The van der Waals surface area contributed by atoms with Gasteiger partial charge in [0.15, 0.2) is 0 Å². The van der Waals surface area contributed by atoms with E-state index in [1.165, 1.54) is 0 Å². The maximum absolute atomic E-state index is 11.1. The molecule has 3 aromatic rings. The van der Waals surface area contributed by atoms with E-state index in [1.54, 1.807) is 30.5 Å². The fraction of sp³-hybridized carbons (Fsp3) is 0.158. The van der Waals surface area contributed by atoms with Crippen molar-refractivity contribution in [2.24, 2.45) is 0 Å². The van der Waals surface area contributed by atoms with Crippen LogP contribution in [0.15, 0.2) is 54.7 Å². The van der Waals surface area contributed by atoms with E-state index in [2.05, 4.69) is 20.3 Å². The molecule has 0 saturated heterocycles. The molecule has 25 heavy (non-hydrogen) atoms. The highest BCUT2D eigenvalue weighted by atomic mass is 16.4. The van der Waals surface area contributed by atoms with Crippen LogP contribution in [-0.4, -0.2) is 26.0 Å². The van der Waals surface area contributed by atoms with E-state index in [0.717, 1.165) is 11.4 Å².